The number of hydrogen-bond donors (Lipinski definition) is 1. The van der Waals surface area contributed by atoms with Gasteiger partial charge >= 0.3 is 0 Å². The Morgan fingerprint density at radius 2 is 2.19 bits per heavy atom. The van der Waals surface area contributed by atoms with Crippen LogP contribution in [0, 0.1) is 6.92 Å². The fourth-order valence-corrected chi connectivity index (χ4v) is 1.52. The van der Waals surface area contributed by atoms with Crippen LogP contribution < -0.4 is 10.5 Å². The maximum absolute atomic E-state index is 6.00. The highest BCUT2D eigenvalue weighted by Crippen LogP contribution is 2.33. The van der Waals surface area contributed by atoms with Gasteiger partial charge in [-0.1, -0.05) is 18.5 Å². The summed E-state index contributed by atoms with van der Waals surface area (Å²) in [4.78, 5) is 4.33. The predicted octanol–water partition coefficient (Wildman–Crippen LogP) is 3.45. The number of hydrogen-bond acceptors (Lipinski definition) is 2. The molecule has 0 bridgehead atoms. The first-order valence-corrected chi connectivity index (χ1v) is 5.63. The third-order valence-electron chi connectivity index (χ3n) is 2.23. The van der Waals surface area contributed by atoms with Crippen molar-refractivity contribution in [1.29, 1.82) is 0 Å². The molecule has 0 radical (unpaired) electrons. The zero-order chi connectivity index (χ0) is 12.1. The Hall–Kier alpha value is -1.22. The topological polar surface area (TPSA) is 47.6 Å². The summed E-state index contributed by atoms with van der Waals surface area (Å²) in [6.45, 7) is 3.99. The van der Waals surface area contributed by atoms with Gasteiger partial charge in [-0.05, 0) is 25.0 Å². The van der Waals surface area contributed by atoms with Crippen LogP contribution in [0.1, 0.15) is 25.3 Å². The smallest absolute Gasteiger partial charge is 0.146 e. The third kappa shape index (κ3) is 3.14. The minimum absolute atomic E-state index is 0.613. The van der Waals surface area contributed by atoms with Crippen LogP contribution in [-0.4, -0.2) is 12.9 Å². The van der Waals surface area contributed by atoms with Gasteiger partial charge in [-0.25, -0.2) is 4.99 Å². The molecule has 16 heavy (non-hydrogen) atoms. The van der Waals surface area contributed by atoms with E-state index >= 15 is 0 Å². The summed E-state index contributed by atoms with van der Waals surface area (Å²) < 4.78 is 5.21. The first-order chi connectivity index (χ1) is 7.58. The third-order valence-corrected chi connectivity index (χ3v) is 2.64. The molecule has 0 fully saturated rings. The monoisotopic (exact) mass is 240 g/mol. The molecule has 3 nitrogen and oxygen atoms in total. The molecular weight excluding hydrogens is 224 g/mol. The van der Waals surface area contributed by atoms with Crippen molar-refractivity contribution in [3.05, 3.63) is 22.7 Å². The lowest BCUT2D eigenvalue weighted by molar-refractivity contribution is 0.416. The van der Waals surface area contributed by atoms with Crippen molar-refractivity contribution in [3.8, 4) is 5.75 Å². The molecular formula is C12H17ClN2O. The summed E-state index contributed by atoms with van der Waals surface area (Å²) in [7, 11) is 1.59. The normalized spacial score (nSPS) is 11.6. The summed E-state index contributed by atoms with van der Waals surface area (Å²) in [5, 5.41) is 0.671. The zero-order valence-electron chi connectivity index (χ0n) is 9.88. The molecule has 0 unspecified atom stereocenters. The van der Waals surface area contributed by atoms with Gasteiger partial charge in [0.15, 0.2) is 0 Å². The van der Waals surface area contributed by atoms with Crippen LogP contribution in [0.5, 0.6) is 5.75 Å². The van der Waals surface area contributed by atoms with Gasteiger partial charge in [0.25, 0.3) is 0 Å². The largest absolute Gasteiger partial charge is 0.494 e. The van der Waals surface area contributed by atoms with E-state index in [9.17, 15) is 0 Å². The molecule has 0 aliphatic heterocycles. The molecule has 0 amide bonds. The average Bonchev–Trinajstić information content (AvgIpc) is 2.23. The maximum Gasteiger partial charge on any atom is 0.146 e. The molecule has 0 saturated carbocycles. The van der Waals surface area contributed by atoms with E-state index in [1.165, 1.54) is 0 Å². The van der Waals surface area contributed by atoms with Crippen molar-refractivity contribution >= 4 is 23.1 Å². The predicted molar refractivity (Wildman–Crippen MR) is 68.9 cm³/mol. The number of nitrogens with zero attached hydrogens (tertiary/aromatic N) is 1. The van der Waals surface area contributed by atoms with Crippen molar-refractivity contribution in [2.24, 2.45) is 10.7 Å². The van der Waals surface area contributed by atoms with E-state index in [1.807, 2.05) is 13.0 Å². The van der Waals surface area contributed by atoms with Crippen LogP contribution in [0.25, 0.3) is 0 Å². The molecule has 0 aliphatic carbocycles. The fraction of sp³-hybridized carbons (Fsp3) is 0.417. The number of methoxy groups -OCH3 is 1. The van der Waals surface area contributed by atoms with Gasteiger partial charge < -0.3 is 10.5 Å². The Bertz CT molecular complexity index is 402. The van der Waals surface area contributed by atoms with E-state index in [-0.39, 0.29) is 0 Å². The highest BCUT2D eigenvalue weighted by Gasteiger charge is 2.06. The molecule has 0 heterocycles. The van der Waals surface area contributed by atoms with Gasteiger partial charge in [0.05, 0.1) is 12.9 Å². The molecule has 0 aliphatic rings. The Balaban J connectivity index is 3.12. The SMILES string of the molecule is CCCC(N)=Nc1cc(C)c(Cl)cc1OC. The van der Waals surface area contributed by atoms with E-state index in [0.717, 1.165) is 24.1 Å². The van der Waals surface area contributed by atoms with Gasteiger partial charge in [0, 0.05) is 17.5 Å². The molecule has 1 aromatic carbocycles. The minimum Gasteiger partial charge on any atom is -0.494 e. The molecule has 1 aromatic rings. The van der Waals surface area contributed by atoms with Crippen LogP contribution in [0.4, 0.5) is 5.69 Å². The number of amidine groups is 1. The Morgan fingerprint density at radius 3 is 2.75 bits per heavy atom. The number of benzene rings is 1. The summed E-state index contributed by atoms with van der Waals surface area (Å²) in [5.74, 6) is 1.26. The van der Waals surface area contributed by atoms with Crippen LogP contribution >= 0.6 is 11.6 Å². The number of aliphatic imine (C=N–C) groups is 1. The second-order valence-electron chi connectivity index (χ2n) is 3.63. The van der Waals surface area contributed by atoms with Crippen LogP contribution in [0.2, 0.25) is 5.02 Å². The first kappa shape index (κ1) is 12.8. The van der Waals surface area contributed by atoms with Crippen molar-refractivity contribution in [2.45, 2.75) is 26.7 Å². The standard InChI is InChI=1S/C12H17ClN2O/c1-4-5-12(14)15-10-6-8(2)9(13)7-11(10)16-3/h6-7H,4-5H2,1-3H3,(H2,14,15). The van der Waals surface area contributed by atoms with E-state index < -0.39 is 0 Å². The minimum atomic E-state index is 0.613. The number of aryl methyl sites for hydroxylation is 1. The second-order valence-corrected chi connectivity index (χ2v) is 4.03. The van der Waals surface area contributed by atoms with Crippen molar-refractivity contribution in [1.82, 2.24) is 0 Å². The van der Waals surface area contributed by atoms with Gasteiger partial charge in [-0.2, -0.15) is 0 Å². The van der Waals surface area contributed by atoms with E-state index in [0.29, 0.717) is 16.6 Å². The average molecular weight is 241 g/mol. The van der Waals surface area contributed by atoms with Crippen LogP contribution in [0.15, 0.2) is 17.1 Å². The Morgan fingerprint density at radius 1 is 1.50 bits per heavy atom. The zero-order valence-corrected chi connectivity index (χ0v) is 10.6. The molecule has 2 N–H and O–H groups in total. The lowest BCUT2D eigenvalue weighted by Crippen LogP contribution is -2.10. The van der Waals surface area contributed by atoms with Crippen molar-refractivity contribution < 1.29 is 4.74 Å². The highest BCUT2D eigenvalue weighted by atomic mass is 35.5. The van der Waals surface area contributed by atoms with Gasteiger partial charge in [0.1, 0.15) is 11.4 Å². The number of rotatable bonds is 4. The molecule has 0 atom stereocenters. The lowest BCUT2D eigenvalue weighted by atomic mass is 10.2. The van der Waals surface area contributed by atoms with Crippen molar-refractivity contribution in [3.63, 3.8) is 0 Å². The second kappa shape index (κ2) is 5.75. The van der Waals surface area contributed by atoms with E-state index in [1.54, 1.807) is 13.2 Å². The summed E-state index contributed by atoms with van der Waals surface area (Å²) in [6.07, 6.45) is 1.76. The molecule has 88 valence electrons. The van der Waals surface area contributed by atoms with E-state index in [2.05, 4.69) is 11.9 Å². The summed E-state index contributed by atoms with van der Waals surface area (Å²) in [5.41, 5.74) is 7.48. The van der Waals surface area contributed by atoms with Gasteiger partial charge in [-0.3, -0.25) is 0 Å². The Labute approximate surface area is 101 Å². The molecule has 1 rings (SSSR count). The molecule has 0 aromatic heterocycles. The summed E-state index contributed by atoms with van der Waals surface area (Å²) in [6, 6.07) is 3.64. The van der Waals surface area contributed by atoms with Gasteiger partial charge in [-0.15, -0.1) is 0 Å². The number of ether oxygens (including phenoxy) is 1. The number of halogens is 1. The maximum atomic E-state index is 6.00. The molecule has 0 spiro atoms. The van der Waals surface area contributed by atoms with Crippen LogP contribution in [0.3, 0.4) is 0 Å². The van der Waals surface area contributed by atoms with Gasteiger partial charge in [0.2, 0.25) is 0 Å². The molecule has 0 saturated heterocycles. The fourth-order valence-electron chi connectivity index (χ4n) is 1.37. The first-order valence-electron chi connectivity index (χ1n) is 5.25. The number of nitrogens with two attached hydrogens (primary N) is 1. The highest BCUT2D eigenvalue weighted by molar-refractivity contribution is 6.31. The lowest BCUT2D eigenvalue weighted by Gasteiger charge is -2.08. The molecule has 4 heteroatoms. The summed E-state index contributed by atoms with van der Waals surface area (Å²) >= 11 is 6.00. The van der Waals surface area contributed by atoms with E-state index in [4.69, 9.17) is 22.1 Å². The Kier molecular flexibility index (Phi) is 4.62. The van der Waals surface area contributed by atoms with Crippen LogP contribution in [-0.2, 0) is 0 Å². The quantitative estimate of drug-likeness (QED) is 0.647. The van der Waals surface area contributed by atoms with Crippen molar-refractivity contribution in [2.75, 3.05) is 7.11 Å².